The topological polar surface area (TPSA) is 17.1 Å². The molecule has 1 aromatic heterocycles. The van der Waals surface area contributed by atoms with Crippen molar-refractivity contribution < 1.29 is 13.6 Å². The molecule has 0 spiro atoms. The fraction of sp³-hybridized carbons (Fsp3) is 0.0625. The Morgan fingerprint density at radius 1 is 1.00 bits per heavy atom. The van der Waals surface area contributed by atoms with Crippen molar-refractivity contribution in [2.24, 2.45) is 0 Å². The molecule has 0 aliphatic rings. The molecule has 1 nitrogen and oxygen atoms in total. The van der Waals surface area contributed by atoms with Crippen LogP contribution in [0.25, 0.3) is 10.1 Å². The van der Waals surface area contributed by atoms with Crippen LogP contribution in [0.1, 0.15) is 15.2 Å². The van der Waals surface area contributed by atoms with E-state index < -0.39 is 11.6 Å². The summed E-state index contributed by atoms with van der Waals surface area (Å²) in [6, 6.07) is 13.1. The van der Waals surface area contributed by atoms with Crippen molar-refractivity contribution in [2.45, 2.75) is 6.42 Å². The number of hydrogen-bond donors (Lipinski definition) is 0. The summed E-state index contributed by atoms with van der Waals surface area (Å²) in [6.45, 7) is 0. The maximum Gasteiger partial charge on any atom is 0.177 e. The van der Waals surface area contributed by atoms with Gasteiger partial charge in [0.1, 0.15) is 0 Å². The van der Waals surface area contributed by atoms with Gasteiger partial charge in [0.05, 0.1) is 4.88 Å². The van der Waals surface area contributed by atoms with E-state index in [0.717, 1.165) is 22.2 Å². The number of ketones is 1. The van der Waals surface area contributed by atoms with Gasteiger partial charge in [-0.3, -0.25) is 4.79 Å². The van der Waals surface area contributed by atoms with Gasteiger partial charge in [-0.1, -0.05) is 24.3 Å². The molecule has 1 heterocycles. The largest absolute Gasteiger partial charge is 0.293 e. The number of fused-ring (bicyclic) bond motifs is 1. The molecule has 0 radical (unpaired) electrons. The quantitative estimate of drug-likeness (QED) is 0.643. The molecule has 0 saturated carbocycles. The second-order valence-electron chi connectivity index (χ2n) is 4.50. The third-order valence-electron chi connectivity index (χ3n) is 3.05. The molecular weight excluding hydrogens is 278 g/mol. The van der Waals surface area contributed by atoms with Gasteiger partial charge in [-0.05, 0) is 35.2 Å². The zero-order valence-electron chi connectivity index (χ0n) is 10.4. The van der Waals surface area contributed by atoms with Gasteiger partial charge in [-0.2, -0.15) is 0 Å². The van der Waals surface area contributed by atoms with Crippen molar-refractivity contribution >= 4 is 27.2 Å². The molecule has 0 atom stereocenters. The molecule has 0 amide bonds. The summed E-state index contributed by atoms with van der Waals surface area (Å²) in [7, 11) is 0. The lowest BCUT2D eigenvalue weighted by molar-refractivity contribution is 0.0997. The van der Waals surface area contributed by atoms with E-state index in [1.165, 1.54) is 17.4 Å². The maximum absolute atomic E-state index is 13.1. The molecule has 3 aromatic rings. The van der Waals surface area contributed by atoms with E-state index in [-0.39, 0.29) is 12.2 Å². The number of rotatable bonds is 3. The Kier molecular flexibility index (Phi) is 3.32. The first-order valence-corrected chi connectivity index (χ1v) is 6.91. The van der Waals surface area contributed by atoms with Crippen LogP contribution >= 0.6 is 11.3 Å². The van der Waals surface area contributed by atoms with Crippen LogP contribution < -0.4 is 0 Å². The number of carbonyl (C=O) groups excluding carboxylic acids is 1. The normalized spacial score (nSPS) is 10.9. The Labute approximate surface area is 118 Å². The fourth-order valence-corrected chi connectivity index (χ4v) is 3.04. The van der Waals surface area contributed by atoms with Gasteiger partial charge in [-0.25, -0.2) is 8.78 Å². The number of benzene rings is 2. The van der Waals surface area contributed by atoms with Crippen molar-refractivity contribution in [1.82, 2.24) is 0 Å². The van der Waals surface area contributed by atoms with Gasteiger partial charge in [0.2, 0.25) is 0 Å². The van der Waals surface area contributed by atoms with Gasteiger partial charge >= 0.3 is 0 Å². The number of hydrogen-bond acceptors (Lipinski definition) is 2. The second kappa shape index (κ2) is 5.13. The van der Waals surface area contributed by atoms with Crippen molar-refractivity contribution in [3.63, 3.8) is 0 Å². The van der Waals surface area contributed by atoms with Crippen LogP contribution in [0.3, 0.4) is 0 Å². The first-order valence-electron chi connectivity index (χ1n) is 6.09. The predicted octanol–water partition coefficient (Wildman–Crippen LogP) is 4.60. The summed E-state index contributed by atoms with van der Waals surface area (Å²) in [6.07, 6.45) is 0.0734. The summed E-state index contributed by atoms with van der Waals surface area (Å²) in [5, 5.41) is 1.02. The zero-order chi connectivity index (χ0) is 14.1. The summed E-state index contributed by atoms with van der Waals surface area (Å²) in [5.74, 6) is -1.91. The molecule has 4 heteroatoms. The summed E-state index contributed by atoms with van der Waals surface area (Å²) < 4.78 is 27.0. The van der Waals surface area contributed by atoms with Crippen LogP contribution in [-0.2, 0) is 6.42 Å². The molecule has 100 valence electrons. The number of thiophene rings is 1. The highest BCUT2D eigenvalue weighted by molar-refractivity contribution is 7.20. The molecule has 0 aliphatic heterocycles. The molecule has 2 aromatic carbocycles. The first kappa shape index (κ1) is 12.9. The van der Waals surface area contributed by atoms with E-state index in [1.807, 2.05) is 30.3 Å². The maximum atomic E-state index is 13.1. The third-order valence-corrected chi connectivity index (χ3v) is 4.21. The molecule has 0 aliphatic carbocycles. The summed E-state index contributed by atoms with van der Waals surface area (Å²) >= 11 is 1.41. The van der Waals surface area contributed by atoms with Crippen LogP contribution in [0, 0.1) is 11.6 Å². The first-order chi connectivity index (χ1) is 9.63. The van der Waals surface area contributed by atoms with E-state index in [0.29, 0.717) is 10.4 Å². The predicted molar refractivity (Wildman–Crippen MR) is 76.2 cm³/mol. The van der Waals surface area contributed by atoms with Crippen molar-refractivity contribution in [1.29, 1.82) is 0 Å². The van der Waals surface area contributed by atoms with Crippen molar-refractivity contribution in [3.8, 4) is 0 Å². The SMILES string of the molecule is O=C(Cc1ccc(F)c(F)c1)c1cc2ccccc2s1. The minimum Gasteiger partial charge on any atom is -0.293 e. The average Bonchev–Trinajstić information content (AvgIpc) is 2.87. The average molecular weight is 288 g/mol. The van der Waals surface area contributed by atoms with Crippen LogP contribution in [-0.4, -0.2) is 5.78 Å². The number of carbonyl (C=O) groups is 1. The molecule has 0 bridgehead atoms. The second-order valence-corrected chi connectivity index (χ2v) is 5.58. The molecular formula is C16H10F2OS. The lowest BCUT2D eigenvalue weighted by Gasteiger charge is -2.00. The van der Waals surface area contributed by atoms with E-state index in [4.69, 9.17) is 0 Å². The van der Waals surface area contributed by atoms with Gasteiger partial charge in [0.15, 0.2) is 17.4 Å². The van der Waals surface area contributed by atoms with Crippen molar-refractivity contribution in [3.05, 3.63) is 70.6 Å². The Bertz CT molecular complexity index is 759. The Hall–Kier alpha value is -2.07. The lowest BCUT2D eigenvalue weighted by atomic mass is 10.1. The lowest BCUT2D eigenvalue weighted by Crippen LogP contribution is -2.02. The van der Waals surface area contributed by atoms with E-state index in [9.17, 15) is 13.6 Å². The van der Waals surface area contributed by atoms with Crippen LogP contribution in [0.2, 0.25) is 0 Å². The smallest absolute Gasteiger partial charge is 0.177 e. The van der Waals surface area contributed by atoms with Crippen LogP contribution in [0.5, 0.6) is 0 Å². The summed E-state index contributed by atoms with van der Waals surface area (Å²) in [4.78, 5) is 12.8. The summed E-state index contributed by atoms with van der Waals surface area (Å²) in [5.41, 5.74) is 0.478. The Morgan fingerprint density at radius 3 is 2.55 bits per heavy atom. The minimum atomic E-state index is -0.924. The third kappa shape index (κ3) is 2.47. The molecule has 0 unspecified atom stereocenters. The molecule has 0 N–H and O–H groups in total. The van der Waals surface area contributed by atoms with E-state index in [2.05, 4.69) is 0 Å². The van der Waals surface area contributed by atoms with Gasteiger partial charge < -0.3 is 0 Å². The van der Waals surface area contributed by atoms with Crippen LogP contribution in [0.4, 0.5) is 8.78 Å². The van der Waals surface area contributed by atoms with E-state index >= 15 is 0 Å². The highest BCUT2D eigenvalue weighted by Gasteiger charge is 2.12. The van der Waals surface area contributed by atoms with Gasteiger partial charge in [-0.15, -0.1) is 11.3 Å². The highest BCUT2D eigenvalue weighted by Crippen LogP contribution is 2.26. The Morgan fingerprint density at radius 2 is 1.80 bits per heavy atom. The standard InChI is InChI=1S/C16H10F2OS/c17-12-6-5-10(7-13(12)18)8-14(19)16-9-11-3-1-2-4-15(11)20-16/h1-7,9H,8H2. The van der Waals surface area contributed by atoms with Gasteiger partial charge in [0, 0.05) is 11.1 Å². The number of Topliss-reactive ketones (excluding diaryl/α,β-unsaturated/α-hetero) is 1. The Balaban J connectivity index is 1.86. The van der Waals surface area contributed by atoms with Crippen molar-refractivity contribution in [2.75, 3.05) is 0 Å². The van der Waals surface area contributed by atoms with Gasteiger partial charge in [0.25, 0.3) is 0 Å². The molecule has 3 rings (SSSR count). The highest BCUT2D eigenvalue weighted by atomic mass is 32.1. The zero-order valence-corrected chi connectivity index (χ0v) is 11.2. The molecule has 0 fully saturated rings. The van der Waals surface area contributed by atoms with Crippen LogP contribution in [0.15, 0.2) is 48.5 Å². The number of halogens is 2. The fourth-order valence-electron chi connectivity index (χ4n) is 2.04. The minimum absolute atomic E-state index is 0.0734. The van der Waals surface area contributed by atoms with E-state index in [1.54, 1.807) is 0 Å². The monoisotopic (exact) mass is 288 g/mol. The molecule has 0 saturated heterocycles. The molecule has 20 heavy (non-hydrogen) atoms.